The molecule has 8 nitrogen and oxygen atoms in total. The number of aliphatic carboxylic acids is 1. The van der Waals surface area contributed by atoms with Crippen LogP contribution in [0.2, 0.25) is 5.02 Å². The molecule has 0 saturated carbocycles. The monoisotopic (exact) mass is 410 g/mol. The first-order chi connectivity index (χ1) is 12.8. The fourth-order valence-corrected chi connectivity index (χ4v) is 3.74. The number of sulfonamides is 1. The van der Waals surface area contributed by atoms with E-state index in [9.17, 15) is 18.4 Å². The molecule has 142 valence electrons. The maximum Gasteiger partial charge on any atom is 0.345 e. The van der Waals surface area contributed by atoms with Gasteiger partial charge < -0.3 is 15.1 Å². The summed E-state index contributed by atoms with van der Waals surface area (Å²) in [6.45, 7) is -0.260. The fraction of sp³-hybridized carbons (Fsp3) is 0.176. The molecule has 3 rings (SSSR count). The number of carbonyl (C=O) groups is 1. The third kappa shape index (κ3) is 4.21. The van der Waals surface area contributed by atoms with Crippen molar-refractivity contribution in [2.75, 3.05) is 6.54 Å². The fourth-order valence-electron chi connectivity index (χ4n) is 2.62. The molecule has 2 aromatic rings. The van der Waals surface area contributed by atoms with Crippen LogP contribution < -0.4 is 9.46 Å². The van der Waals surface area contributed by atoms with Crippen LogP contribution in [0.3, 0.4) is 0 Å². The van der Waals surface area contributed by atoms with E-state index in [0.717, 1.165) is 0 Å². The van der Waals surface area contributed by atoms with Crippen LogP contribution in [-0.2, 0) is 21.2 Å². The lowest BCUT2D eigenvalue weighted by molar-refractivity contribution is -0.144. The molecule has 27 heavy (non-hydrogen) atoms. The highest BCUT2D eigenvalue weighted by Crippen LogP contribution is 2.30. The van der Waals surface area contributed by atoms with Crippen molar-refractivity contribution >= 4 is 33.3 Å². The van der Waals surface area contributed by atoms with E-state index < -0.39 is 22.1 Å². The van der Waals surface area contributed by atoms with Gasteiger partial charge in [0, 0.05) is 17.0 Å². The lowest BCUT2D eigenvalue weighted by atomic mass is 10.0. The van der Waals surface area contributed by atoms with Crippen molar-refractivity contribution in [2.45, 2.75) is 17.4 Å². The van der Waals surface area contributed by atoms with E-state index in [4.69, 9.17) is 21.4 Å². The first kappa shape index (κ1) is 19.2. The minimum absolute atomic E-state index is 0.0239. The van der Waals surface area contributed by atoms with Crippen LogP contribution in [0, 0.1) is 0 Å². The number of nitrogens with zero attached hydrogens (tertiary/aromatic N) is 1. The Morgan fingerprint density at radius 3 is 2.59 bits per heavy atom. The molecule has 1 unspecified atom stereocenters. The molecule has 0 aliphatic carbocycles. The number of benzene rings is 2. The summed E-state index contributed by atoms with van der Waals surface area (Å²) in [6.07, 6.45) is -0.790. The van der Waals surface area contributed by atoms with Gasteiger partial charge >= 0.3 is 5.97 Å². The Balaban J connectivity index is 1.75. The molecule has 0 aromatic heterocycles. The van der Waals surface area contributed by atoms with E-state index in [1.165, 1.54) is 24.3 Å². The zero-order valence-corrected chi connectivity index (χ0v) is 15.4. The summed E-state index contributed by atoms with van der Waals surface area (Å²) in [6, 6.07) is 10.4. The van der Waals surface area contributed by atoms with Crippen LogP contribution in [0.25, 0.3) is 0 Å². The summed E-state index contributed by atoms with van der Waals surface area (Å²) in [5.74, 6) is -0.635. The molecule has 10 heteroatoms. The smallest absolute Gasteiger partial charge is 0.345 e. The van der Waals surface area contributed by atoms with E-state index in [0.29, 0.717) is 21.9 Å². The van der Waals surface area contributed by atoms with Crippen molar-refractivity contribution in [3.8, 4) is 5.75 Å². The van der Waals surface area contributed by atoms with Crippen LogP contribution in [0.15, 0.2) is 52.5 Å². The average Bonchev–Trinajstić information content (AvgIpc) is 3.06. The lowest BCUT2D eigenvalue weighted by Gasteiger charge is -2.09. The summed E-state index contributed by atoms with van der Waals surface area (Å²) in [7, 11) is -3.82. The molecule has 1 aliphatic rings. The van der Waals surface area contributed by atoms with E-state index in [2.05, 4.69) is 9.88 Å². The Kier molecular flexibility index (Phi) is 5.36. The maximum absolute atomic E-state index is 12.3. The van der Waals surface area contributed by atoms with Gasteiger partial charge in [-0.2, -0.15) is 0 Å². The number of carboxylic acid groups (broad SMARTS) is 1. The number of rotatable bonds is 6. The van der Waals surface area contributed by atoms with E-state index in [1.54, 1.807) is 18.2 Å². The zero-order chi connectivity index (χ0) is 19.6. The SMILES string of the molecule is O=C(O)C1Cc2cc(/C(CNS(=O)(=O)c3ccc(Cl)cc3)=N\O)ccc2O1. The van der Waals surface area contributed by atoms with Gasteiger partial charge in [-0.3, -0.25) is 0 Å². The van der Waals surface area contributed by atoms with Crippen molar-refractivity contribution in [1.29, 1.82) is 0 Å². The van der Waals surface area contributed by atoms with Gasteiger partial charge in [0.15, 0.2) is 6.10 Å². The Labute approximate surface area is 160 Å². The van der Waals surface area contributed by atoms with Gasteiger partial charge in [0.2, 0.25) is 10.0 Å². The van der Waals surface area contributed by atoms with Crippen LogP contribution in [0.4, 0.5) is 0 Å². The van der Waals surface area contributed by atoms with Gasteiger partial charge in [-0.05, 0) is 48.0 Å². The number of ether oxygens (including phenoxy) is 1. The van der Waals surface area contributed by atoms with Crippen LogP contribution >= 0.6 is 11.6 Å². The van der Waals surface area contributed by atoms with Crippen molar-refractivity contribution in [1.82, 2.24) is 4.72 Å². The normalized spacial score (nSPS) is 16.6. The molecule has 0 fully saturated rings. The van der Waals surface area contributed by atoms with Gasteiger partial charge in [-0.1, -0.05) is 16.8 Å². The minimum Gasteiger partial charge on any atom is -0.478 e. The van der Waals surface area contributed by atoms with Crippen molar-refractivity contribution < 1.29 is 28.3 Å². The molecule has 0 saturated heterocycles. The zero-order valence-electron chi connectivity index (χ0n) is 13.8. The summed E-state index contributed by atoms with van der Waals surface area (Å²) >= 11 is 5.75. The van der Waals surface area contributed by atoms with Crippen molar-refractivity contribution in [2.24, 2.45) is 5.16 Å². The van der Waals surface area contributed by atoms with E-state index in [1.807, 2.05) is 0 Å². The third-order valence-corrected chi connectivity index (χ3v) is 5.69. The number of carboxylic acids is 1. The second-order valence-corrected chi connectivity index (χ2v) is 8.00. The summed E-state index contributed by atoms with van der Waals surface area (Å²) in [4.78, 5) is 11.1. The van der Waals surface area contributed by atoms with Gasteiger partial charge in [0.1, 0.15) is 11.5 Å². The minimum atomic E-state index is -3.82. The first-order valence-electron chi connectivity index (χ1n) is 7.79. The number of oxime groups is 1. The van der Waals surface area contributed by atoms with Gasteiger partial charge in [-0.25, -0.2) is 17.9 Å². The third-order valence-electron chi connectivity index (χ3n) is 4.02. The maximum atomic E-state index is 12.3. The first-order valence-corrected chi connectivity index (χ1v) is 9.65. The van der Waals surface area contributed by atoms with Gasteiger partial charge in [-0.15, -0.1) is 0 Å². The predicted octanol–water partition coefficient (Wildman–Crippen LogP) is 1.88. The molecule has 2 aromatic carbocycles. The molecule has 0 radical (unpaired) electrons. The number of nitrogens with one attached hydrogen (secondary N) is 1. The Morgan fingerprint density at radius 2 is 1.96 bits per heavy atom. The quantitative estimate of drug-likeness (QED) is 0.379. The van der Waals surface area contributed by atoms with Crippen LogP contribution in [0.5, 0.6) is 5.75 Å². The molecule has 0 amide bonds. The Morgan fingerprint density at radius 1 is 1.26 bits per heavy atom. The highest BCUT2D eigenvalue weighted by molar-refractivity contribution is 7.89. The molecule has 0 bridgehead atoms. The van der Waals surface area contributed by atoms with E-state index in [-0.39, 0.29) is 23.6 Å². The molecule has 1 aliphatic heterocycles. The average molecular weight is 411 g/mol. The predicted molar refractivity (Wildman–Crippen MR) is 97.2 cm³/mol. The number of hydrogen-bond donors (Lipinski definition) is 3. The summed E-state index contributed by atoms with van der Waals surface area (Å²) in [5.41, 5.74) is 1.17. The molecular weight excluding hydrogens is 396 g/mol. The summed E-state index contributed by atoms with van der Waals surface area (Å²) < 4.78 is 32.3. The standard InChI is InChI=1S/C17H15ClN2O6S/c18-12-2-4-13(5-3-12)27(24,25)19-9-14(20-23)10-1-6-15-11(7-10)8-16(26-15)17(21)22/h1-7,16,19,23H,8-9H2,(H,21,22)/b20-14-. The van der Waals surface area contributed by atoms with Crippen LogP contribution in [0.1, 0.15) is 11.1 Å². The second-order valence-electron chi connectivity index (χ2n) is 5.80. The lowest BCUT2D eigenvalue weighted by Crippen LogP contribution is -2.30. The summed E-state index contributed by atoms with van der Waals surface area (Å²) in [5, 5.41) is 21.9. The number of halogens is 1. The molecule has 1 atom stereocenters. The van der Waals surface area contributed by atoms with Crippen molar-refractivity contribution in [3.05, 3.63) is 58.6 Å². The Bertz CT molecular complexity index is 1000. The van der Waals surface area contributed by atoms with E-state index >= 15 is 0 Å². The van der Waals surface area contributed by atoms with Gasteiger partial charge in [0.25, 0.3) is 0 Å². The largest absolute Gasteiger partial charge is 0.478 e. The topological polar surface area (TPSA) is 125 Å². The Hall–Kier alpha value is -2.62. The molecule has 0 spiro atoms. The molecule has 3 N–H and O–H groups in total. The van der Waals surface area contributed by atoms with Gasteiger partial charge in [0.05, 0.1) is 11.4 Å². The molecule has 1 heterocycles. The highest BCUT2D eigenvalue weighted by Gasteiger charge is 2.29. The van der Waals surface area contributed by atoms with Crippen LogP contribution in [-0.4, -0.2) is 43.1 Å². The number of fused-ring (bicyclic) bond motifs is 1. The highest BCUT2D eigenvalue weighted by atomic mass is 35.5. The molecular formula is C17H15ClN2O6S. The number of hydrogen-bond acceptors (Lipinski definition) is 6. The second kappa shape index (κ2) is 7.55. The van der Waals surface area contributed by atoms with Crippen molar-refractivity contribution in [3.63, 3.8) is 0 Å².